The van der Waals surface area contributed by atoms with Gasteiger partial charge in [0.25, 0.3) is 0 Å². The van der Waals surface area contributed by atoms with Crippen molar-refractivity contribution in [3.05, 3.63) is 65.2 Å². The van der Waals surface area contributed by atoms with Gasteiger partial charge in [-0.2, -0.15) is 0 Å². The Morgan fingerprint density at radius 3 is 2.36 bits per heavy atom. The summed E-state index contributed by atoms with van der Waals surface area (Å²) in [5, 5.41) is 9.35. The van der Waals surface area contributed by atoms with E-state index in [1.54, 1.807) is 12.0 Å². The third kappa shape index (κ3) is 5.12. The standard InChI is InChI=1S/C30H41N3O3/c1-22(2)26-6-4-5-7-27(26)28-21-31(20-23-8-10-25(36-3)11-9-23)16-17-33(28)24-18-30(19-24)12-14-32(15-13-30)29(34)35/h4-11,22,24,28H,12-21H2,1-3H3,(H,34,35). The summed E-state index contributed by atoms with van der Waals surface area (Å²) in [5.74, 6) is 1.40. The van der Waals surface area contributed by atoms with E-state index in [1.807, 2.05) is 0 Å². The number of amides is 1. The van der Waals surface area contributed by atoms with Gasteiger partial charge in [-0.25, -0.2) is 4.79 Å². The molecule has 1 N–H and O–H groups in total. The Morgan fingerprint density at radius 2 is 1.72 bits per heavy atom. The van der Waals surface area contributed by atoms with Gasteiger partial charge in [-0.15, -0.1) is 0 Å². The fourth-order valence-corrected chi connectivity index (χ4v) is 6.80. The molecule has 5 rings (SSSR count). The Hall–Kier alpha value is -2.57. The minimum atomic E-state index is -0.765. The highest BCUT2D eigenvalue weighted by molar-refractivity contribution is 5.65. The fourth-order valence-electron chi connectivity index (χ4n) is 6.80. The zero-order valence-electron chi connectivity index (χ0n) is 22.0. The van der Waals surface area contributed by atoms with Crippen LogP contribution in [0.3, 0.4) is 0 Å². The molecule has 1 amide bonds. The highest BCUT2D eigenvalue weighted by atomic mass is 16.5. The topological polar surface area (TPSA) is 56.2 Å². The van der Waals surface area contributed by atoms with Crippen molar-refractivity contribution in [3.63, 3.8) is 0 Å². The molecule has 1 atom stereocenters. The van der Waals surface area contributed by atoms with Crippen LogP contribution in [0.15, 0.2) is 48.5 Å². The molecule has 2 heterocycles. The second-order valence-corrected chi connectivity index (χ2v) is 11.5. The molecule has 1 saturated carbocycles. The van der Waals surface area contributed by atoms with Crippen molar-refractivity contribution in [1.29, 1.82) is 0 Å². The van der Waals surface area contributed by atoms with Gasteiger partial charge >= 0.3 is 6.09 Å². The summed E-state index contributed by atoms with van der Waals surface area (Å²) in [6.45, 7) is 10.1. The van der Waals surface area contributed by atoms with Gasteiger partial charge in [0.05, 0.1) is 7.11 Å². The van der Waals surface area contributed by atoms with E-state index in [9.17, 15) is 9.90 Å². The van der Waals surface area contributed by atoms with Gasteiger partial charge in [-0.05, 0) is 65.8 Å². The molecule has 2 aliphatic heterocycles. The first kappa shape index (κ1) is 25.1. The van der Waals surface area contributed by atoms with E-state index in [-0.39, 0.29) is 0 Å². The molecule has 1 unspecified atom stereocenters. The van der Waals surface area contributed by atoms with Crippen LogP contribution in [0.1, 0.15) is 68.2 Å². The molecule has 3 fully saturated rings. The lowest BCUT2D eigenvalue weighted by atomic mass is 9.59. The molecule has 194 valence electrons. The van der Waals surface area contributed by atoms with Gasteiger partial charge in [0, 0.05) is 51.4 Å². The number of rotatable bonds is 6. The van der Waals surface area contributed by atoms with Crippen molar-refractivity contribution in [1.82, 2.24) is 14.7 Å². The minimum Gasteiger partial charge on any atom is -0.497 e. The lowest BCUT2D eigenvalue weighted by Crippen LogP contribution is -2.60. The number of hydrogen-bond donors (Lipinski definition) is 1. The number of likely N-dealkylation sites (tertiary alicyclic amines) is 1. The number of carbonyl (C=O) groups is 1. The Kier molecular flexibility index (Phi) is 7.27. The molecule has 1 aliphatic carbocycles. The molecule has 0 bridgehead atoms. The average molecular weight is 492 g/mol. The van der Waals surface area contributed by atoms with E-state index in [0.717, 1.165) is 44.8 Å². The summed E-state index contributed by atoms with van der Waals surface area (Å²) in [6.07, 6.45) is 3.68. The highest BCUT2D eigenvalue weighted by Gasteiger charge is 2.50. The molecule has 0 aromatic heterocycles. The fraction of sp³-hybridized carbons (Fsp3) is 0.567. The summed E-state index contributed by atoms with van der Waals surface area (Å²) >= 11 is 0. The second-order valence-electron chi connectivity index (χ2n) is 11.5. The van der Waals surface area contributed by atoms with Gasteiger partial charge in [0.1, 0.15) is 5.75 Å². The number of piperidine rings is 1. The van der Waals surface area contributed by atoms with Crippen molar-refractivity contribution in [2.45, 2.75) is 64.1 Å². The van der Waals surface area contributed by atoms with Crippen molar-refractivity contribution in [2.75, 3.05) is 39.8 Å². The molecule has 1 spiro atoms. The number of piperazine rings is 1. The van der Waals surface area contributed by atoms with Crippen LogP contribution in [-0.4, -0.2) is 71.8 Å². The predicted molar refractivity (Wildman–Crippen MR) is 143 cm³/mol. The molecule has 2 aromatic rings. The zero-order chi connectivity index (χ0) is 25.3. The van der Waals surface area contributed by atoms with E-state index in [4.69, 9.17) is 4.74 Å². The smallest absolute Gasteiger partial charge is 0.407 e. The van der Waals surface area contributed by atoms with Crippen LogP contribution in [0.25, 0.3) is 0 Å². The second kappa shape index (κ2) is 10.4. The quantitative estimate of drug-likeness (QED) is 0.570. The van der Waals surface area contributed by atoms with E-state index in [2.05, 4.69) is 72.2 Å². The van der Waals surface area contributed by atoms with Gasteiger partial charge in [-0.3, -0.25) is 9.80 Å². The molecular weight excluding hydrogens is 450 g/mol. The molecule has 2 saturated heterocycles. The van der Waals surface area contributed by atoms with Crippen LogP contribution in [0, 0.1) is 5.41 Å². The third-order valence-corrected chi connectivity index (χ3v) is 8.95. The summed E-state index contributed by atoms with van der Waals surface area (Å²) in [5.41, 5.74) is 4.61. The Bertz CT molecular complexity index is 1040. The van der Waals surface area contributed by atoms with Crippen LogP contribution in [0.5, 0.6) is 5.75 Å². The van der Waals surface area contributed by atoms with Gasteiger partial charge in [0.15, 0.2) is 0 Å². The summed E-state index contributed by atoms with van der Waals surface area (Å²) in [6, 6.07) is 18.5. The lowest BCUT2D eigenvalue weighted by Gasteiger charge is -2.58. The third-order valence-electron chi connectivity index (χ3n) is 8.95. The maximum absolute atomic E-state index is 11.4. The van der Waals surface area contributed by atoms with Gasteiger partial charge < -0.3 is 14.7 Å². The van der Waals surface area contributed by atoms with E-state index < -0.39 is 6.09 Å². The van der Waals surface area contributed by atoms with E-state index in [1.165, 1.54) is 29.5 Å². The molecule has 3 aliphatic rings. The number of methoxy groups -OCH3 is 1. The van der Waals surface area contributed by atoms with Crippen molar-refractivity contribution in [2.24, 2.45) is 5.41 Å². The molecule has 6 heteroatoms. The normalized spacial score (nSPS) is 23.1. The summed E-state index contributed by atoms with van der Waals surface area (Å²) < 4.78 is 5.34. The monoisotopic (exact) mass is 491 g/mol. The van der Waals surface area contributed by atoms with Crippen molar-refractivity contribution in [3.8, 4) is 5.75 Å². The van der Waals surface area contributed by atoms with Gasteiger partial charge in [0.2, 0.25) is 0 Å². The maximum atomic E-state index is 11.4. The van der Waals surface area contributed by atoms with Crippen LogP contribution in [0.4, 0.5) is 4.79 Å². The number of ether oxygens (including phenoxy) is 1. The number of carboxylic acid groups (broad SMARTS) is 1. The van der Waals surface area contributed by atoms with Crippen LogP contribution in [0.2, 0.25) is 0 Å². The average Bonchev–Trinajstić information content (AvgIpc) is 2.88. The highest BCUT2D eigenvalue weighted by Crippen LogP contribution is 2.53. The summed E-state index contributed by atoms with van der Waals surface area (Å²) in [7, 11) is 1.71. The van der Waals surface area contributed by atoms with Crippen molar-refractivity contribution < 1.29 is 14.6 Å². The van der Waals surface area contributed by atoms with E-state index in [0.29, 0.717) is 36.5 Å². The first-order valence-corrected chi connectivity index (χ1v) is 13.6. The van der Waals surface area contributed by atoms with Crippen LogP contribution in [-0.2, 0) is 6.54 Å². The molecular formula is C30H41N3O3. The van der Waals surface area contributed by atoms with Crippen LogP contribution < -0.4 is 4.74 Å². The first-order valence-electron chi connectivity index (χ1n) is 13.6. The largest absolute Gasteiger partial charge is 0.497 e. The maximum Gasteiger partial charge on any atom is 0.407 e. The number of benzene rings is 2. The van der Waals surface area contributed by atoms with Gasteiger partial charge in [-0.1, -0.05) is 50.2 Å². The number of nitrogens with zero attached hydrogens (tertiary/aromatic N) is 3. The van der Waals surface area contributed by atoms with Crippen molar-refractivity contribution >= 4 is 6.09 Å². The lowest BCUT2D eigenvalue weighted by molar-refractivity contribution is -0.0749. The Labute approximate surface area is 215 Å². The zero-order valence-corrected chi connectivity index (χ0v) is 22.0. The summed E-state index contributed by atoms with van der Waals surface area (Å²) in [4.78, 5) is 18.4. The molecule has 2 aromatic carbocycles. The molecule has 6 nitrogen and oxygen atoms in total. The van der Waals surface area contributed by atoms with Crippen LogP contribution >= 0.6 is 0 Å². The van der Waals surface area contributed by atoms with E-state index >= 15 is 0 Å². The number of hydrogen-bond acceptors (Lipinski definition) is 4. The molecule has 36 heavy (non-hydrogen) atoms. The minimum absolute atomic E-state index is 0.346. The predicted octanol–water partition coefficient (Wildman–Crippen LogP) is 5.60. The first-order chi connectivity index (χ1) is 17.4. The SMILES string of the molecule is COc1ccc(CN2CCN(C3CC4(CCN(C(=O)O)CC4)C3)C(c3ccccc3C(C)C)C2)cc1. The molecule has 0 radical (unpaired) electrons. The Morgan fingerprint density at radius 1 is 1.03 bits per heavy atom. The Balaban J connectivity index is 1.32.